The molecule has 43 heavy (non-hydrogen) atoms. The number of phosphoric acid groups is 1. The minimum Gasteiger partial charge on any atom is -0.387 e. The van der Waals surface area contributed by atoms with Crippen molar-refractivity contribution in [2.24, 2.45) is 5.92 Å². The average Bonchev–Trinajstić information content (AvgIpc) is 3.45. The monoisotopic (exact) mass is 630 g/mol. The van der Waals surface area contributed by atoms with Crippen LogP contribution in [0.15, 0.2) is 43.7 Å². The molecule has 1 spiro atoms. The molecule has 10 atom stereocenters. The van der Waals surface area contributed by atoms with Crippen LogP contribution in [0.5, 0.6) is 0 Å². The molecule has 5 heterocycles. The number of aromatic nitrogens is 4. The van der Waals surface area contributed by atoms with Crippen molar-refractivity contribution in [3.05, 3.63) is 66.2 Å². The third-order valence-electron chi connectivity index (χ3n) is 8.27. The highest BCUT2D eigenvalue weighted by Crippen LogP contribution is 2.56. The molecule has 238 valence electrons. The molecule has 3 N–H and O–H groups in total. The second-order valence-electron chi connectivity index (χ2n) is 10.8. The lowest BCUT2D eigenvalue weighted by Crippen LogP contribution is -2.47. The fourth-order valence-corrected chi connectivity index (χ4v) is 7.18. The van der Waals surface area contributed by atoms with Crippen LogP contribution in [0.2, 0.25) is 0 Å². The minimum absolute atomic E-state index is 0.171. The van der Waals surface area contributed by atoms with Gasteiger partial charge in [-0.25, -0.2) is 14.2 Å². The van der Waals surface area contributed by atoms with Gasteiger partial charge in [0.1, 0.15) is 30.0 Å². The number of aliphatic hydroxyl groups is 1. The third kappa shape index (κ3) is 5.89. The number of nitrogens with one attached hydrogen (secondary N) is 2. The molecule has 3 saturated heterocycles. The zero-order valence-corrected chi connectivity index (χ0v) is 24.8. The van der Waals surface area contributed by atoms with Crippen LogP contribution in [-0.2, 0) is 37.1 Å². The largest absolute Gasteiger partial charge is 0.475 e. The van der Waals surface area contributed by atoms with E-state index >= 15 is 0 Å². The lowest BCUT2D eigenvalue weighted by atomic mass is 9.87. The molecule has 3 fully saturated rings. The first kappa shape index (κ1) is 31.7. The van der Waals surface area contributed by atoms with E-state index in [0.717, 1.165) is 22.3 Å². The zero-order valence-electron chi connectivity index (χ0n) is 23.9. The number of ether oxygens (including phenoxy) is 4. The summed E-state index contributed by atoms with van der Waals surface area (Å²) in [5, 5.41) is 11.5. The van der Waals surface area contributed by atoms with E-state index in [0.29, 0.717) is 12.8 Å². The highest BCUT2D eigenvalue weighted by atomic mass is 31.2. The van der Waals surface area contributed by atoms with Gasteiger partial charge in [0.05, 0.1) is 12.7 Å². The van der Waals surface area contributed by atoms with E-state index in [-0.39, 0.29) is 12.3 Å². The smallest absolute Gasteiger partial charge is 0.387 e. The van der Waals surface area contributed by atoms with Crippen LogP contribution in [-0.4, -0.2) is 88.3 Å². The summed E-state index contributed by atoms with van der Waals surface area (Å²) in [4.78, 5) is 52.8. The summed E-state index contributed by atoms with van der Waals surface area (Å²) in [6.07, 6.45) is -3.78. The van der Waals surface area contributed by atoms with Gasteiger partial charge in [-0.2, -0.15) is 0 Å². The summed E-state index contributed by atoms with van der Waals surface area (Å²) < 4.78 is 56.8. The second kappa shape index (κ2) is 12.3. The van der Waals surface area contributed by atoms with E-state index in [9.17, 15) is 28.8 Å². The zero-order chi connectivity index (χ0) is 31.1. The molecule has 0 bridgehead atoms. The molecule has 0 saturated carbocycles. The van der Waals surface area contributed by atoms with Crippen molar-refractivity contribution in [3.63, 3.8) is 0 Å². The predicted octanol–water partition coefficient (Wildman–Crippen LogP) is -0.381. The van der Waals surface area contributed by atoms with Gasteiger partial charge in [0, 0.05) is 45.9 Å². The summed E-state index contributed by atoms with van der Waals surface area (Å²) in [7, 11) is -0.574. The van der Waals surface area contributed by atoms with Gasteiger partial charge in [-0.1, -0.05) is 13.3 Å². The van der Waals surface area contributed by atoms with Crippen molar-refractivity contribution in [2.75, 3.05) is 27.9 Å². The van der Waals surface area contributed by atoms with Crippen LogP contribution in [0.3, 0.4) is 0 Å². The number of H-pyrrole nitrogens is 2. The molecule has 3 aliphatic rings. The van der Waals surface area contributed by atoms with Gasteiger partial charge in [0.15, 0.2) is 12.5 Å². The molecule has 0 aromatic carbocycles. The highest BCUT2D eigenvalue weighted by Gasteiger charge is 2.58. The Kier molecular flexibility index (Phi) is 9.09. The maximum absolute atomic E-state index is 13.9. The molecule has 1 unspecified atom stereocenters. The normalized spacial score (nSPS) is 38.5. The Morgan fingerprint density at radius 2 is 1.56 bits per heavy atom. The molecule has 0 aliphatic carbocycles. The molecule has 0 amide bonds. The van der Waals surface area contributed by atoms with Crippen LogP contribution in [0.4, 0.5) is 0 Å². The van der Waals surface area contributed by atoms with Gasteiger partial charge in [-0.3, -0.25) is 42.3 Å². The van der Waals surface area contributed by atoms with Gasteiger partial charge >= 0.3 is 19.2 Å². The molecule has 2 aromatic heterocycles. The van der Waals surface area contributed by atoms with E-state index < -0.39 is 85.5 Å². The summed E-state index contributed by atoms with van der Waals surface area (Å²) in [5.41, 5.74) is -4.21. The number of fused-ring (bicyclic) bond motifs is 1. The molecule has 5 rings (SSSR count). The Hall–Kier alpha value is -2.73. The quantitative estimate of drug-likeness (QED) is 0.360. The molecular weight excluding hydrogens is 595 g/mol. The maximum atomic E-state index is 13.9. The van der Waals surface area contributed by atoms with Crippen LogP contribution < -0.4 is 22.5 Å². The van der Waals surface area contributed by atoms with Gasteiger partial charge in [0.25, 0.3) is 11.1 Å². The summed E-state index contributed by atoms with van der Waals surface area (Å²) in [6.45, 7) is 1.39. The number of nitrogens with zero attached hydrogens (tertiary/aromatic N) is 2. The van der Waals surface area contributed by atoms with Crippen molar-refractivity contribution in [1.82, 2.24) is 19.1 Å². The first-order valence-corrected chi connectivity index (χ1v) is 15.1. The van der Waals surface area contributed by atoms with Crippen LogP contribution in [0, 0.1) is 5.92 Å². The predicted molar refractivity (Wildman–Crippen MR) is 145 cm³/mol. The number of aromatic amines is 2. The third-order valence-corrected chi connectivity index (χ3v) is 9.66. The maximum Gasteiger partial charge on any atom is 0.475 e. The number of aliphatic hydroxyl groups excluding tert-OH is 1. The summed E-state index contributed by atoms with van der Waals surface area (Å²) in [6, 6.07) is 2.30. The number of rotatable bonds is 5. The fourth-order valence-electron chi connectivity index (χ4n) is 6.02. The second-order valence-corrected chi connectivity index (χ2v) is 12.5. The van der Waals surface area contributed by atoms with Gasteiger partial charge < -0.3 is 24.1 Å². The molecule has 3 aliphatic heterocycles. The molecular formula is C25H35N4O13P. The number of hydrogen-bond donors (Lipinski definition) is 3. The fraction of sp³-hybridized carbons (Fsp3) is 0.680. The van der Waals surface area contributed by atoms with Crippen molar-refractivity contribution in [3.8, 4) is 0 Å². The molecule has 18 heteroatoms. The van der Waals surface area contributed by atoms with Crippen LogP contribution >= 0.6 is 7.82 Å². The highest BCUT2D eigenvalue weighted by molar-refractivity contribution is 7.48. The first-order chi connectivity index (χ1) is 20.5. The van der Waals surface area contributed by atoms with E-state index in [1.807, 2.05) is 6.92 Å². The van der Waals surface area contributed by atoms with E-state index in [1.165, 1.54) is 32.7 Å². The van der Waals surface area contributed by atoms with Crippen molar-refractivity contribution >= 4 is 7.82 Å². The lowest BCUT2D eigenvalue weighted by molar-refractivity contribution is -0.134. The number of methoxy groups -OCH3 is 2. The van der Waals surface area contributed by atoms with Crippen molar-refractivity contribution < 1.29 is 42.2 Å². The number of hydrogen-bond acceptors (Lipinski definition) is 13. The standard InChI is InChI=1S/C25H35N4O13P/c1-13-6-5-9-25(20(32)19(37-3)22(41-25)29-11-8-15(31)27-24(29)34)12-39-43(35,38-4)42-17-16(13)40-21(18(17)36-2)28-10-7-14(30)26-23(28)33/h7-8,10-11,13,16-22,32H,5-6,9,12H2,1-4H3,(H,26,30,33)(H,27,31,34)/t13-,16+,17+,18+,19+,20-,21+,22+,25+,43?/m0/s1. The topological polar surface area (TPSA) is 212 Å². The average molecular weight is 631 g/mol. The Labute approximate surface area is 244 Å². The van der Waals surface area contributed by atoms with E-state index in [4.69, 9.17) is 32.5 Å². The molecule has 17 nitrogen and oxygen atoms in total. The first-order valence-electron chi connectivity index (χ1n) is 13.6. The van der Waals surface area contributed by atoms with Crippen molar-refractivity contribution in [1.29, 1.82) is 0 Å². The van der Waals surface area contributed by atoms with Gasteiger partial charge in [0.2, 0.25) is 0 Å². The Morgan fingerprint density at radius 3 is 2.12 bits per heavy atom. The summed E-state index contributed by atoms with van der Waals surface area (Å²) >= 11 is 0. The van der Waals surface area contributed by atoms with Crippen LogP contribution in [0.25, 0.3) is 0 Å². The molecule has 2 aromatic rings. The minimum atomic E-state index is -4.41. The Bertz CT molecular complexity index is 1590. The Balaban J connectivity index is 1.47. The lowest BCUT2D eigenvalue weighted by Gasteiger charge is -2.33. The molecule has 0 radical (unpaired) electrons. The van der Waals surface area contributed by atoms with Gasteiger partial charge in [-0.15, -0.1) is 0 Å². The van der Waals surface area contributed by atoms with Crippen LogP contribution in [0.1, 0.15) is 38.6 Å². The number of phosphoric ester groups is 1. The van der Waals surface area contributed by atoms with E-state index in [2.05, 4.69) is 9.97 Å². The van der Waals surface area contributed by atoms with Crippen molar-refractivity contribution in [2.45, 2.75) is 74.8 Å². The van der Waals surface area contributed by atoms with E-state index in [1.54, 1.807) is 0 Å². The van der Waals surface area contributed by atoms with Gasteiger partial charge in [-0.05, 0) is 18.8 Å². The SMILES string of the molecule is CO[C@@H]1[C@@H]2OP(=O)(OC)OC[C@@]3(CCC[C@H](C)[C@H]2O[C@H]1n1ccc(=O)[nH]c1=O)O[C@@H](n1ccc(=O)[nH]c1=O)[C@H](OC)[C@@H]3O. The Morgan fingerprint density at radius 1 is 0.953 bits per heavy atom. The summed E-state index contributed by atoms with van der Waals surface area (Å²) in [5.74, 6) is -0.277.